The number of carbonyl (C=O) groups is 2. The average molecular weight is 427 g/mol. The molecule has 0 radical (unpaired) electrons. The quantitative estimate of drug-likeness (QED) is 0.0854. The fourth-order valence-corrected chi connectivity index (χ4v) is 3.19. The summed E-state index contributed by atoms with van der Waals surface area (Å²) >= 11 is 0. The average Bonchev–Trinajstić information content (AvgIpc) is 2.76. The summed E-state index contributed by atoms with van der Waals surface area (Å²) in [6.07, 6.45) is 14.0. The SMILES string of the molecule is CCCCCCCCCCCC#Cc1ccccc1C=C(C(=O)OCC)C(=O)OCC. The second kappa shape index (κ2) is 17.2. The van der Waals surface area contributed by atoms with E-state index in [0.717, 1.165) is 18.4 Å². The molecule has 0 unspecified atom stereocenters. The maximum atomic E-state index is 12.2. The van der Waals surface area contributed by atoms with Crippen molar-refractivity contribution >= 4 is 18.0 Å². The maximum absolute atomic E-state index is 12.2. The number of esters is 2. The number of benzene rings is 1. The van der Waals surface area contributed by atoms with Crippen molar-refractivity contribution in [2.75, 3.05) is 13.2 Å². The Balaban J connectivity index is 2.65. The second-order valence-electron chi connectivity index (χ2n) is 7.47. The molecule has 0 spiro atoms. The molecule has 0 heterocycles. The Kier molecular flexibility index (Phi) is 14.7. The lowest BCUT2D eigenvalue weighted by Crippen LogP contribution is -2.18. The zero-order valence-electron chi connectivity index (χ0n) is 19.5. The van der Waals surface area contributed by atoms with Gasteiger partial charge < -0.3 is 9.47 Å². The molecule has 0 saturated carbocycles. The van der Waals surface area contributed by atoms with Crippen molar-refractivity contribution in [3.8, 4) is 11.8 Å². The fourth-order valence-electron chi connectivity index (χ4n) is 3.19. The van der Waals surface area contributed by atoms with Gasteiger partial charge in [-0.3, -0.25) is 0 Å². The molecule has 31 heavy (non-hydrogen) atoms. The van der Waals surface area contributed by atoms with Gasteiger partial charge >= 0.3 is 11.9 Å². The largest absolute Gasteiger partial charge is 0.462 e. The third kappa shape index (κ3) is 11.4. The van der Waals surface area contributed by atoms with Gasteiger partial charge in [0, 0.05) is 12.0 Å². The molecule has 1 rings (SSSR count). The zero-order chi connectivity index (χ0) is 22.7. The van der Waals surface area contributed by atoms with Crippen LogP contribution in [0.25, 0.3) is 6.08 Å². The Labute approximate surface area is 188 Å². The van der Waals surface area contributed by atoms with Gasteiger partial charge in [-0.25, -0.2) is 9.59 Å². The highest BCUT2D eigenvalue weighted by Crippen LogP contribution is 2.15. The molecule has 0 bridgehead atoms. The van der Waals surface area contributed by atoms with E-state index in [9.17, 15) is 9.59 Å². The molecule has 0 aliphatic carbocycles. The summed E-state index contributed by atoms with van der Waals surface area (Å²) in [5, 5.41) is 0. The lowest BCUT2D eigenvalue weighted by atomic mass is 10.0. The standard InChI is InChI=1S/C27H38O4/c1-4-7-8-9-10-11-12-13-14-15-16-19-23-20-17-18-21-24(23)22-25(26(28)30-5-2)27(29)31-6-3/h17-18,20-22H,4-15H2,1-3H3. The summed E-state index contributed by atoms with van der Waals surface area (Å²) in [5.41, 5.74) is 1.37. The molecule has 0 saturated heterocycles. The normalized spacial score (nSPS) is 10.0. The van der Waals surface area contributed by atoms with Crippen LogP contribution in [-0.2, 0) is 19.1 Å². The Bertz CT molecular complexity index is 732. The molecule has 1 aromatic rings. The van der Waals surface area contributed by atoms with Crippen LogP contribution in [0.5, 0.6) is 0 Å². The van der Waals surface area contributed by atoms with E-state index >= 15 is 0 Å². The number of hydrogen-bond acceptors (Lipinski definition) is 4. The first kappa shape index (κ1) is 26.5. The number of rotatable bonds is 14. The van der Waals surface area contributed by atoms with E-state index in [1.54, 1.807) is 13.8 Å². The first-order chi connectivity index (χ1) is 15.1. The van der Waals surface area contributed by atoms with Crippen LogP contribution >= 0.6 is 0 Å². The van der Waals surface area contributed by atoms with Gasteiger partial charge in [0.05, 0.1) is 13.2 Å². The van der Waals surface area contributed by atoms with Crippen LogP contribution in [-0.4, -0.2) is 25.2 Å². The molecule has 0 aromatic heterocycles. The molecule has 1 aromatic carbocycles. The van der Waals surface area contributed by atoms with Gasteiger partial charge in [0.1, 0.15) is 5.57 Å². The molecule has 170 valence electrons. The first-order valence-corrected chi connectivity index (χ1v) is 11.8. The summed E-state index contributed by atoms with van der Waals surface area (Å²) < 4.78 is 10.0. The molecule has 0 aliphatic rings. The second-order valence-corrected chi connectivity index (χ2v) is 7.47. The van der Waals surface area contributed by atoms with Crippen LogP contribution in [0.4, 0.5) is 0 Å². The minimum Gasteiger partial charge on any atom is -0.462 e. The van der Waals surface area contributed by atoms with Gasteiger partial charge in [-0.05, 0) is 38.0 Å². The van der Waals surface area contributed by atoms with Gasteiger partial charge in [0.15, 0.2) is 0 Å². The number of ether oxygens (including phenoxy) is 2. The molecular formula is C27H38O4. The fraction of sp³-hybridized carbons (Fsp3) is 0.556. The lowest BCUT2D eigenvalue weighted by Gasteiger charge is -2.07. The highest BCUT2D eigenvalue weighted by atomic mass is 16.6. The van der Waals surface area contributed by atoms with Crippen molar-refractivity contribution in [2.24, 2.45) is 0 Å². The van der Waals surface area contributed by atoms with Crippen molar-refractivity contribution in [3.63, 3.8) is 0 Å². The first-order valence-electron chi connectivity index (χ1n) is 11.8. The van der Waals surface area contributed by atoms with Gasteiger partial charge in [0.25, 0.3) is 0 Å². The number of unbranched alkanes of at least 4 members (excludes halogenated alkanes) is 9. The summed E-state index contributed by atoms with van der Waals surface area (Å²) in [6, 6.07) is 7.48. The van der Waals surface area contributed by atoms with E-state index in [0.29, 0.717) is 5.56 Å². The highest BCUT2D eigenvalue weighted by Gasteiger charge is 2.21. The maximum Gasteiger partial charge on any atom is 0.345 e. The molecule has 0 N–H and O–H groups in total. The molecule has 0 amide bonds. The van der Waals surface area contributed by atoms with E-state index in [2.05, 4.69) is 18.8 Å². The lowest BCUT2D eigenvalue weighted by molar-refractivity contribution is -0.146. The van der Waals surface area contributed by atoms with Crippen LogP contribution in [0.2, 0.25) is 0 Å². The van der Waals surface area contributed by atoms with E-state index in [4.69, 9.17) is 9.47 Å². The van der Waals surface area contributed by atoms with Crippen molar-refractivity contribution in [2.45, 2.75) is 85.0 Å². The topological polar surface area (TPSA) is 52.6 Å². The van der Waals surface area contributed by atoms with E-state index in [-0.39, 0.29) is 18.8 Å². The van der Waals surface area contributed by atoms with Crippen LogP contribution in [0.15, 0.2) is 29.8 Å². The highest BCUT2D eigenvalue weighted by molar-refractivity contribution is 6.17. The Morgan fingerprint density at radius 3 is 1.94 bits per heavy atom. The molecule has 4 heteroatoms. The number of carbonyl (C=O) groups excluding carboxylic acids is 2. The van der Waals surface area contributed by atoms with E-state index < -0.39 is 11.9 Å². The predicted octanol–water partition coefficient (Wildman–Crippen LogP) is 6.47. The Morgan fingerprint density at radius 2 is 1.35 bits per heavy atom. The molecular weight excluding hydrogens is 388 g/mol. The summed E-state index contributed by atoms with van der Waals surface area (Å²) in [6.45, 7) is 6.03. The third-order valence-corrected chi connectivity index (χ3v) is 4.88. The third-order valence-electron chi connectivity index (χ3n) is 4.88. The Hall–Kier alpha value is -2.54. The van der Waals surface area contributed by atoms with Crippen LogP contribution < -0.4 is 0 Å². The summed E-state index contributed by atoms with van der Waals surface area (Å²) in [4.78, 5) is 24.4. The van der Waals surface area contributed by atoms with Crippen LogP contribution in [0, 0.1) is 11.8 Å². The Morgan fingerprint density at radius 1 is 0.806 bits per heavy atom. The van der Waals surface area contributed by atoms with Crippen LogP contribution in [0.1, 0.15) is 96.1 Å². The smallest absolute Gasteiger partial charge is 0.345 e. The van der Waals surface area contributed by atoms with Gasteiger partial charge in [-0.15, -0.1) is 0 Å². The van der Waals surface area contributed by atoms with Crippen molar-refractivity contribution in [1.82, 2.24) is 0 Å². The predicted molar refractivity (Wildman–Crippen MR) is 126 cm³/mol. The van der Waals surface area contributed by atoms with Crippen molar-refractivity contribution in [1.29, 1.82) is 0 Å². The van der Waals surface area contributed by atoms with E-state index in [1.165, 1.54) is 57.4 Å². The van der Waals surface area contributed by atoms with Crippen LogP contribution in [0.3, 0.4) is 0 Å². The molecule has 0 fully saturated rings. The molecule has 0 aliphatic heterocycles. The van der Waals surface area contributed by atoms with Gasteiger partial charge in [-0.2, -0.15) is 0 Å². The summed E-state index contributed by atoms with van der Waals surface area (Å²) in [5.74, 6) is 5.05. The van der Waals surface area contributed by atoms with E-state index in [1.807, 2.05) is 24.3 Å². The minimum atomic E-state index is -0.682. The minimum absolute atomic E-state index is 0.114. The molecule has 4 nitrogen and oxygen atoms in total. The monoisotopic (exact) mass is 426 g/mol. The van der Waals surface area contributed by atoms with Gasteiger partial charge in [-0.1, -0.05) is 88.3 Å². The van der Waals surface area contributed by atoms with Crippen molar-refractivity contribution < 1.29 is 19.1 Å². The van der Waals surface area contributed by atoms with Gasteiger partial charge in [0.2, 0.25) is 0 Å². The zero-order valence-corrected chi connectivity index (χ0v) is 19.5. The number of hydrogen-bond donors (Lipinski definition) is 0. The molecule has 0 atom stereocenters. The van der Waals surface area contributed by atoms with Crippen molar-refractivity contribution in [3.05, 3.63) is 41.0 Å². The summed E-state index contributed by atoms with van der Waals surface area (Å²) in [7, 11) is 0.